The van der Waals surface area contributed by atoms with Gasteiger partial charge in [0.05, 0.1) is 4.92 Å². The molecule has 1 aromatic rings. The molecule has 0 aromatic heterocycles. The Labute approximate surface area is 118 Å². The van der Waals surface area contributed by atoms with Gasteiger partial charge in [-0.15, -0.1) is 6.58 Å². The van der Waals surface area contributed by atoms with Crippen molar-refractivity contribution in [3.8, 4) is 0 Å². The highest BCUT2D eigenvalue weighted by atomic mass is 16.6. The quantitative estimate of drug-likeness (QED) is 0.466. The van der Waals surface area contributed by atoms with Crippen LogP contribution in [0.25, 0.3) is 0 Å². The number of nitrogens with two attached hydrogens (primary N) is 1. The van der Waals surface area contributed by atoms with E-state index in [-0.39, 0.29) is 24.1 Å². The molecule has 0 aliphatic rings. The van der Waals surface area contributed by atoms with Gasteiger partial charge in [-0.2, -0.15) is 0 Å². The van der Waals surface area contributed by atoms with Gasteiger partial charge in [0.15, 0.2) is 0 Å². The Morgan fingerprint density at radius 1 is 1.60 bits per heavy atom. The summed E-state index contributed by atoms with van der Waals surface area (Å²) in [6.07, 6.45) is 1.62. The first-order chi connectivity index (χ1) is 9.49. The van der Waals surface area contributed by atoms with Crippen molar-refractivity contribution in [2.45, 2.75) is 13.5 Å². The molecule has 0 bridgehead atoms. The monoisotopic (exact) mass is 277 g/mol. The number of carbonyl (C=O) groups excluding carboxylic acids is 1. The van der Waals surface area contributed by atoms with E-state index in [4.69, 9.17) is 5.73 Å². The number of nitro groups is 1. The van der Waals surface area contributed by atoms with Crippen LogP contribution in [-0.2, 0) is 11.3 Å². The first-order valence-corrected chi connectivity index (χ1v) is 6.32. The second-order valence-corrected chi connectivity index (χ2v) is 4.57. The molecule has 0 saturated carbocycles. The van der Waals surface area contributed by atoms with E-state index in [0.717, 1.165) is 0 Å². The molecule has 6 heteroatoms. The standard InChI is InChI=1S/C14H19N3O3/c1-3-7-16(14(18)11(2)9-15)10-12-5-4-6-13(8-12)17(19)20/h3-6,8,11H,1,7,9-10,15H2,2H3. The SMILES string of the molecule is C=CCN(Cc1cccc([N+](=O)[O-])c1)C(=O)C(C)CN. The molecule has 0 fully saturated rings. The molecule has 0 heterocycles. The van der Waals surface area contributed by atoms with Crippen molar-refractivity contribution in [2.24, 2.45) is 11.7 Å². The summed E-state index contributed by atoms with van der Waals surface area (Å²) in [7, 11) is 0. The van der Waals surface area contributed by atoms with Crippen LogP contribution >= 0.6 is 0 Å². The maximum Gasteiger partial charge on any atom is 0.269 e. The summed E-state index contributed by atoms with van der Waals surface area (Å²) in [6.45, 7) is 6.33. The zero-order valence-corrected chi connectivity index (χ0v) is 11.5. The fourth-order valence-electron chi connectivity index (χ4n) is 1.79. The van der Waals surface area contributed by atoms with Crippen LogP contribution in [-0.4, -0.2) is 28.8 Å². The minimum absolute atomic E-state index is 0.0142. The van der Waals surface area contributed by atoms with E-state index in [2.05, 4.69) is 6.58 Å². The topological polar surface area (TPSA) is 89.5 Å². The van der Waals surface area contributed by atoms with Gasteiger partial charge in [-0.1, -0.05) is 25.1 Å². The Balaban J connectivity index is 2.90. The van der Waals surface area contributed by atoms with Crippen LogP contribution in [0.15, 0.2) is 36.9 Å². The van der Waals surface area contributed by atoms with E-state index in [1.807, 2.05) is 0 Å². The third kappa shape index (κ3) is 4.17. The summed E-state index contributed by atoms with van der Waals surface area (Å²) in [5.74, 6) is -0.368. The first-order valence-electron chi connectivity index (χ1n) is 6.32. The van der Waals surface area contributed by atoms with E-state index in [1.165, 1.54) is 12.1 Å². The van der Waals surface area contributed by atoms with Crippen molar-refractivity contribution in [1.29, 1.82) is 0 Å². The Kier molecular flexibility index (Phi) is 5.86. The number of hydrogen-bond donors (Lipinski definition) is 1. The molecule has 1 rings (SSSR count). The fraction of sp³-hybridized carbons (Fsp3) is 0.357. The second kappa shape index (κ2) is 7.40. The first kappa shape index (κ1) is 15.8. The van der Waals surface area contributed by atoms with Crippen LogP contribution in [0.5, 0.6) is 0 Å². The van der Waals surface area contributed by atoms with Crippen LogP contribution in [0.1, 0.15) is 12.5 Å². The van der Waals surface area contributed by atoms with Gasteiger partial charge in [-0.25, -0.2) is 0 Å². The smallest absolute Gasteiger partial charge is 0.269 e. The summed E-state index contributed by atoms with van der Waals surface area (Å²) >= 11 is 0. The van der Waals surface area contributed by atoms with Gasteiger partial charge in [0.25, 0.3) is 5.69 Å². The third-order valence-corrected chi connectivity index (χ3v) is 2.93. The molecule has 0 radical (unpaired) electrons. The number of non-ortho nitro benzene ring substituents is 1. The van der Waals surface area contributed by atoms with E-state index >= 15 is 0 Å². The lowest BCUT2D eigenvalue weighted by Gasteiger charge is -2.24. The van der Waals surface area contributed by atoms with Gasteiger partial charge in [0, 0.05) is 37.7 Å². The number of benzene rings is 1. The van der Waals surface area contributed by atoms with Crippen molar-refractivity contribution in [3.05, 3.63) is 52.6 Å². The van der Waals surface area contributed by atoms with Gasteiger partial charge in [0.1, 0.15) is 0 Å². The normalized spacial score (nSPS) is 11.7. The van der Waals surface area contributed by atoms with Gasteiger partial charge < -0.3 is 10.6 Å². The molecule has 1 atom stereocenters. The van der Waals surface area contributed by atoms with Crippen molar-refractivity contribution in [1.82, 2.24) is 4.90 Å². The Morgan fingerprint density at radius 3 is 2.85 bits per heavy atom. The zero-order chi connectivity index (χ0) is 15.1. The number of nitrogens with zero attached hydrogens (tertiary/aromatic N) is 2. The largest absolute Gasteiger partial charge is 0.334 e. The molecule has 0 saturated heterocycles. The highest BCUT2D eigenvalue weighted by molar-refractivity contribution is 5.78. The Morgan fingerprint density at radius 2 is 2.30 bits per heavy atom. The van der Waals surface area contributed by atoms with Gasteiger partial charge in [-0.05, 0) is 5.56 Å². The molecular weight excluding hydrogens is 258 g/mol. The number of carbonyl (C=O) groups is 1. The Hall–Kier alpha value is -2.21. The summed E-state index contributed by atoms with van der Waals surface area (Å²) in [6, 6.07) is 6.25. The fourth-order valence-corrected chi connectivity index (χ4v) is 1.79. The molecule has 1 unspecified atom stereocenters. The van der Waals surface area contributed by atoms with E-state index in [0.29, 0.717) is 18.7 Å². The molecule has 0 aliphatic heterocycles. The van der Waals surface area contributed by atoms with Crippen molar-refractivity contribution in [2.75, 3.05) is 13.1 Å². The molecule has 1 aromatic carbocycles. The van der Waals surface area contributed by atoms with E-state index < -0.39 is 4.92 Å². The maximum absolute atomic E-state index is 12.2. The zero-order valence-electron chi connectivity index (χ0n) is 11.5. The average Bonchev–Trinajstić information content (AvgIpc) is 2.45. The lowest BCUT2D eigenvalue weighted by Crippen LogP contribution is -2.37. The number of amides is 1. The lowest BCUT2D eigenvalue weighted by molar-refractivity contribution is -0.384. The van der Waals surface area contributed by atoms with Gasteiger partial charge in [-0.3, -0.25) is 14.9 Å². The predicted octanol–water partition coefficient (Wildman–Crippen LogP) is 1.70. The molecule has 0 aliphatic carbocycles. The third-order valence-electron chi connectivity index (χ3n) is 2.93. The molecular formula is C14H19N3O3. The highest BCUT2D eigenvalue weighted by Gasteiger charge is 2.19. The minimum atomic E-state index is -0.453. The molecule has 1 amide bonds. The van der Waals surface area contributed by atoms with E-state index in [9.17, 15) is 14.9 Å². The maximum atomic E-state index is 12.2. The minimum Gasteiger partial charge on any atom is -0.334 e. The average molecular weight is 277 g/mol. The summed E-state index contributed by atoms with van der Waals surface area (Å²) < 4.78 is 0. The van der Waals surface area contributed by atoms with Crippen LogP contribution < -0.4 is 5.73 Å². The predicted molar refractivity (Wildman–Crippen MR) is 76.9 cm³/mol. The molecule has 6 nitrogen and oxygen atoms in total. The number of hydrogen-bond acceptors (Lipinski definition) is 4. The van der Waals surface area contributed by atoms with Gasteiger partial charge >= 0.3 is 0 Å². The van der Waals surface area contributed by atoms with Gasteiger partial charge in [0.2, 0.25) is 5.91 Å². The van der Waals surface area contributed by atoms with Crippen LogP contribution in [0.2, 0.25) is 0 Å². The summed E-state index contributed by atoms with van der Waals surface area (Å²) in [5.41, 5.74) is 6.22. The van der Waals surface area contributed by atoms with Crippen molar-refractivity contribution in [3.63, 3.8) is 0 Å². The lowest BCUT2D eigenvalue weighted by atomic mass is 10.1. The second-order valence-electron chi connectivity index (χ2n) is 4.57. The molecule has 20 heavy (non-hydrogen) atoms. The van der Waals surface area contributed by atoms with Crippen LogP contribution in [0.3, 0.4) is 0 Å². The van der Waals surface area contributed by atoms with E-state index in [1.54, 1.807) is 30.0 Å². The van der Waals surface area contributed by atoms with Crippen LogP contribution in [0.4, 0.5) is 5.69 Å². The number of rotatable bonds is 7. The molecule has 0 spiro atoms. The number of nitro benzene ring substituents is 1. The summed E-state index contributed by atoms with van der Waals surface area (Å²) in [5, 5.41) is 10.7. The highest BCUT2D eigenvalue weighted by Crippen LogP contribution is 2.15. The van der Waals surface area contributed by atoms with Crippen molar-refractivity contribution < 1.29 is 9.72 Å². The van der Waals surface area contributed by atoms with Crippen molar-refractivity contribution >= 4 is 11.6 Å². The molecule has 2 N–H and O–H groups in total. The molecule has 108 valence electrons. The Bertz CT molecular complexity index is 502. The summed E-state index contributed by atoms with van der Waals surface area (Å²) in [4.78, 5) is 24.0. The van der Waals surface area contributed by atoms with Crippen LogP contribution in [0, 0.1) is 16.0 Å².